The Morgan fingerprint density at radius 3 is 1.64 bits per heavy atom. The zero-order valence-electron chi connectivity index (χ0n) is 50.3. The Morgan fingerprint density at radius 2 is 1.01 bits per heavy atom. The van der Waals surface area contributed by atoms with Gasteiger partial charge in [0.15, 0.2) is 0 Å². The summed E-state index contributed by atoms with van der Waals surface area (Å²) in [5, 5.41) is 8.28. The summed E-state index contributed by atoms with van der Waals surface area (Å²) in [6.07, 6.45) is 16.8. The highest BCUT2D eigenvalue weighted by molar-refractivity contribution is 7.27. The molecule has 4 heterocycles. The molecule has 87 heavy (non-hydrogen) atoms. The van der Waals surface area contributed by atoms with Crippen LogP contribution in [0.2, 0.25) is 0 Å². The van der Waals surface area contributed by atoms with Gasteiger partial charge in [-0.05, 0) is 269 Å². The zero-order chi connectivity index (χ0) is 57.2. The van der Waals surface area contributed by atoms with Crippen LogP contribution in [0.1, 0.15) is 115 Å². The quantitative estimate of drug-likeness (QED) is 0.147. The number of aromatic nitrogens is 1. The fourth-order valence-corrected chi connectivity index (χ4v) is 22.4. The largest absolute Gasteiger partial charge is 0.375 e. The highest BCUT2D eigenvalue weighted by Crippen LogP contribution is 2.64. The number of para-hydroxylation sites is 2. The molecule has 8 bridgehead atoms. The van der Waals surface area contributed by atoms with Crippen LogP contribution < -0.4 is 20.7 Å². The van der Waals surface area contributed by atoms with Crippen molar-refractivity contribution in [1.29, 1.82) is 0 Å². The van der Waals surface area contributed by atoms with Crippen LogP contribution in [0.25, 0.3) is 75.0 Å². The summed E-state index contributed by atoms with van der Waals surface area (Å²) in [5.74, 6) is 5.17. The first-order valence-corrected chi connectivity index (χ1v) is 34.0. The molecule has 8 aliphatic carbocycles. The maximum Gasteiger partial charge on any atom is 0.334 e. The van der Waals surface area contributed by atoms with E-state index in [0.717, 1.165) is 46.9 Å². The van der Waals surface area contributed by atoms with Gasteiger partial charge in [-0.3, -0.25) is 0 Å². The molecule has 424 valence electrons. The molecule has 10 aromatic carbocycles. The number of fused-ring (bicyclic) bond motifs is 12. The Bertz CT molecular complexity index is 4780. The maximum atomic E-state index is 2.93. The number of benzene rings is 10. The van der Waals surface area contributed by atoms with Crippen LogP contribution in [0.15, 0.2) is 200 Å². The smallest absolute Gasteiger partial charge is 0.334 e. The van der Waals surface area contributed by atoms with Gasteiger partial charge < -0.3 is 14.3 Å². The molecule has 8 fully saturated rings. The maximum absolute atomic E-state index is 2.93. The monoisotopic (exact) mass is 1140 g/mol. The van der Waals surface area contributed by atoms with Crippen LogP contribution in [0, 0.1) is 35.5 Å². The van der Waals surface area contributed by atoms with E-state index in [1.165, 1.54) is 191 Å². The van der Waals surface area contributed by atoms with Crippen molar-refractivity contribution in [1.82, 2.24) is 4.48 Å². The molecule has 0 atom stereocenters. The molecule has 2 aliphatic heterocycles. The molecule has 5 heteroatoms. The first kappa shape index (κ1) is 50.2. The Morgan fingerprint density at radius 1 is 0.437 bits per heavy atom. The lowest BCUT2D eigenvalue weighted by Crippen LogP contribution is -2.57. The SMILES string of the molecule is CC(C)(C)c1ccc(N2c3cc(N(c4ccccc4)c4ccccc4)cc4c3B(c3c2ccc2c3sc3cc5ccccc5cc32)n2c3ccc(C56CC7CC(CC(C7)C5)C6)cc3c3cc(C56CC7CC(CC(C7)C5)C6)cc-4c32)c(-c2ccccc2)c1. The number of rotatable bonds is 7. The van der Waals surface area contributed by atoms with E-state index in [-0.39, 0.29) is 23.1 Å². The van der Waals surface area contributed by atoms with Crippen molar-refractivity contribution >= 4 is 116 Å². The predicted molar refractivity (Wildman–Crippen MR) is 369 cm³/mol. The van der Waals surface area contributed by atoms with Gasteiger partial charge in [0.25, 0.3) is 0 Å². The second-order valence-corrected chi connectivity index (χ2v) is 31.2. The average molecular weight is 1140 g/mol. The van der Waals surface area contributed by atoms with Crippen molar-refractivity contribution in [3.63, 3.8) is 0 Å². The van der Waals surface area contributed by atoms with Crippen molar-refractivity contribution in [3.05, 3.63) is 217 Å². The summed E-state index contributed by atoms with van der Waals surface area (Å²) in [6.45, 7) is 6.99. The zero-order valence-corrected chi connectivity index (χ0v) is 51.1. The molecule has 0 amide bonds. The van der Waals surface area contributed by atoms with Crippen LogP contribution in [0.3, 0.4) is 0 Å². The Balaban J connectivity index is 0.948. The minimum atomic E-state index is -0.110. The molecule has 8 saturated carbocycles. The number of hydrogen-bond acceptors (Lipinski definition) is 3. The number of anilines is 6. The lowest BCUT2D eigenvalue weighted by Gasteiger charge is -2.57. The highest BCUT2D eigenvalue weighted by atomic mass is 32.1. The van der Waals surface area contributed by atoms with Gasteiger partial charge in [0.05, 0.1) is 5.69 Å². The normalized spacial score (nSPS) is 25.4. The Labute approximate surface area is 515 Å². The first-order chi connectivity index (χ1) is 42.6. The lowest BCUT2D eigenvalue weighted by atomic mass is 9.44. The number of nitrogens with zero attached hydrogens (tertiary/aromatic N) is 3. The van der Waals surface area contributed by atoms with Crippen LogP contribution in [-0.4, -0.2) is 11.3 Å². The minimum absolute atomic E-state index is 0.0563. The van der Waals surface area contributed by atoms with Crippen molar-refractivity contribution < 1.29 is 0 Å². The fourth-order valence-electron chi connectivity index (χ4n) is 21.1. The van der Waals surface area contributed by atoms with Crippen molar-refractivity contribution in [2.75, 3.05) is 9.80 Å². The Hall–Kier alpha value is -7.86. The highest BCUT2D eigenvalue weighted by Gasteiger charge is 2.54. The van der Waals surface area contributed by atoms with E-state index in [0.29, 0.717) is 0 Å². The molecule has 0 unspecified atom stereocenters. The fraction of sp³-hybridized carbons (Fsp3) is 0.293. The van der Waals surface area contributed by atoms with Crippen LogP contribution in [0.5, 0.6) is 0 Å². The third-order valence-corrected chi connectivity index (χ3v) is 25.1. The third kappa shape index (κ3) is 7.24. The molecule has 3 nitrogen and oxygen atoms in total. The lowest BCUT2D eigenvalue weighted by molar-refractivity contribution is -0.00527. The van der Waals surface area contributed by atoms with Gasteiger partial charge in [0.2, 0.25) is 0 Å². The van der Waals surface area contributed by atoms with Crippen LogP contribution >= 0.6 is 11.3 Å². The van der Waals surface area contributed by atoms with Gasteiger partial charge in [-0.1, -0.05) is 130 Å². The first-order valence-electron chi connectivity index (χ1n) is 33.2. The van der Waals surface area contributed by atoms with Crippen LogP contribution in [-0.2, 0) is 16.2 Å². The summed E-state index contributed by atoms with van der Waals surface area (Å²) in [5.41, 5.74) is 23.2. The van der Waals surface area contributed by atoms with E-state index in [9.17, 15) is 0 Å². The second-order valence-electron chi connectivity index (χ2n) is 30.1. The molecule has 12 aromatic rings. The van der Waals surface area contributed by atoms with E-state index in [2.05, 4.69) is 235 Å². The summed E-state index contributed by atoms with van der Waals surface area (Å²) < 4.78 is 5.68. The van der Waals surface area contributed by atoms with E-state index in [1.54, 1.807) is 11.1 Å². The molecular weight excluding hydrogens is 1070 g/mol. The molecule has 10 aliphatic rings. The van der Waals surface area contributed by atoms with Gasteiger partial charge in [-0.25, -0.2) is 0 Å². The average Bonchev–Trinajstić information content (AvgIpc) is 1.63. The van der Waals surface area contributed by atoms with Crippen molar-refractivity contribution in [2.45, 2.75) is 114 Å². The third-order valence-electron chi connectivity index (χ3n) is 23.9. The van der Waals surface area contributed by atoms with E-state index < -0.39 is 0 Å². The van der Waals surface area contributed by atoms with Gasteiger partial charge in [-0.2, -0.15) is 0 Å². The Kier molecular flexibility index (Phi) is 10.3. The van der Waals surface area contributed by atoms with Gasteiger partial charge in [0.1, 0.15) is 0 Å². The summed E-state index contributed by atoms with van der Waals surface area (Å²) >= 11 is 2.02. The van der Waals surface area contributed by atoms with Gasteiger partial charge >= 0.3 is 6.85 Å². The standard InChI is InChI=1S/C82H72BN3S/c1-80(2,3)58-23-26-71(65(37-58)55-15-7-4-8-16-55)85-73-28-25-64-67-35-56-17-13-14-18-57(56)36-75(67)87-79(64)77(73)83-76-68(41-63(42-74(76)85)84(61-19-9-5-10-20-61)62-21-11-6-12-22-62)70-40-60(82-46-52-32-53(47-82)34-54(33-52)48-82)39-69-66-38-59(24-27-72(66)86(83)78(69)70)81-43-49-29-50(44-81)31-51(30-49)45-81/h4-28,35-42,49-54H,29-34,43-48H2,1-3H3. The minimum Gasteiger partial charge on any atom is -0.375 e. The molecule has 22 rings (SSSR count). The molecule has 0 N–H and O–H groups in total. The summed E-state index contributed by atoms with van der Waals surface area (Å²) in [7, 11) is 0. The molecule has 0 radical (unpaired) electrons. The molecule has 0 saturated heterocycles. The van der Waals surface area contributed by atoms with Crippen molar-refractivity contribution in [2.24, 2.45) is 35.5 Å². The number of thiophene rings is 1. The summed E-state index contributed by atoms with van der Waals surface area (Å²) in [4.78, 5) is 5.29. The van der Waals surface area contributed by atoms with E-state index in [4.69, 9.17) is 0 Å². The number of hydrogen-bond donors (Lipinski definition) is 0. The second kappa shape index (κ2) is 17.9. The molecular formula is C82H72BN3S. The van der Waals surface area contributed by atoms with Crippen molar-refractivity contribution in [3.8, 4) is 22.3 Å². The topological polar surface area (TPSA) is 11.4 Å². The van der Waals surface area contributed by atoms with E-state index in [1.807, 2.05) is 11.3 Å². The predicted octanol–water partition coefficient (Wildman–Crippen LogP) is 21.1. The molecule has 0 spiro atoms. The van der Waals surface area contributed by atoms with Gasteiger partial charge in [-0.15, -0.1) is 11.3 Å². The van der Waals surface area contributed by atoms with Gasteiger partial charge in [0, 0.05) is 81.5 Å². The summed E-state index contributed by atoms with van der Waals surface area (Å²) in [6, 6.07) is 79.2. The van der Waals surface area contributed by atoms with E-state index >= 15 is 0 Å². The molecule has 2 aromatic heterocycles. The van der Waals surface area contributed by atoms with Crippen LogP contribution in [0.4, 0.5) is 34.1 Å².